The average Bonchev–Trinajstić information content (AvgIpc) is 2.46. The number of hydrogen-bond acceptors (Lipinski definition) is 5. The van der Waals surface area contributed by atoms with Crippen molar-refractivity contribution >= 4 is 17.3 Å². The number of rotatable bonds is 4. The molecule has 1 N–H and O–H groups in total. The first-order valence-electron chi connectivity index (χ1n) is 6.39. The van der Waals surface area contributed by atoms with Crippen LogP contribution in [0.4, 0.5) is 5.69 Å². The molecule has 1 aliphatic rings. The van der Waals surface area contributed by atoms with Crippen molar-refractivity contribution in [2.24, 2.45) is 0 Å². The summed E-state index contributed by atoms with van der Waals surface area (Å²) in [7, 11) is 0. The van der Waals surface area contributed by atoms with Gasteiger partial charge < -0.3 is 5.32 Å². The largest absolute Gasteiger partial charge is 0.314 e. The average molecular weight is 295 g/mol. The maximum absolute atomic E-state index is 11.0. The van der Waals surface area contributed by atoms with Crippen molar-refractivity contribution < 1.29 is 4.92 Å². The minimum absolute atomic E-state index is 0.109. The van der Waals surface area contributed by atoms with Gasteiger partial charge in [0.2, 0.25) is 0 Å². The molecule has 0 radical (unpaired) electrons. The third-order valence-electron chi connectivity index (χ3n) is 3.43. The Morgan fingerprint density at radius 1 is 1.50 bits per heavy atom. The van der Waals surface area contributed by atoms with Crippen molar-refractivity contribution in [2.45, 2.75) is 12.5 Å². The van der Waals surface area contributed by atoms with Crippen LogP contribution in [0.15, 0.2) is 18.2 Å². The molecule has 7 heteroatoms. The van der Waals surface area contributed by atoms with Gasteiger partial charge in [-0.1, -0.05) is 17.7 Å². The quantitative estimate of drug-likeness (QED) is 0.679. The van der Waals surface area contributed by atoms with Crippen LogP contribution >= 0.6 is 11.6 Å². The van der Waals surface area contributed by atoms with Gasteiger partial charge in [0, 0.05) is 38.3 Å². The van der Waals surface area contributed by atoms with E-state index < -0.39 is 4.92 Å². The third-order valence-corrected chi connectivity index (χ3v) is 3.75. The highest BCUT2D eigenvalue weighted by Crippen LogP contribution is 2.31. The second kappa shape index (κ2) is 6.66. The maximum Gasteiger partial charge on any atom is 0.288 e. The van der Waals surface area contributed by atoms with Crippen LogP contribution in [0, 0.1) is 21.4 Å². The van der Waals surface area contributed by atoms with Crippen LogP contribution in [-0.2, 0) is 0 Å². The number of piperazine rings is 1. The lowest BCUT2D eigenvalue weighted by molar-refractivity contribution is -0.384. The molecule has 0 unspecified atom stereocenters. The molecule has 1 saturated heterocycles. The lowest BCUT2D eigenvalue weighted by Gasteiger charge is -2.34. The van der Waals surface area contributed by atoms with Gasteiger partial charge in [-0.15, -0.1) is 0 Å². The molecule has 1 aliphatic heterocycles. The first kappa shape index (κ1) is 14.7. The predicted octanol–water partition coefficient (Wildman–Crippen LogP) is 2.11. The van der Waals surface area contributed by atoms with Crippen molar-refractivity contribution in [3.8, 4) is 6.07 Å². The SMILES string of the molecule is N#CC[C@H](c1ccc(Cl)c([N+](=O)[O-])c1)N1CCNCC1. The first-order chi connectivity index (χ1) is 9.63. The Morgan fingerprint density at radius 3 is 2.80 bits per heavy atom. The highest BCUT2D eigenvalue weighted by atomic mass is 35.5. The van der Waals surface area contributed by atoms with Crippen LogP contribution in [0.1, 0.15) is 18.0 Å². The Labute approximate surface area is 122 Å². The van der Waals surface area contributed by atoms with Crippen LogP contribution in [0.5, 0.6) is 0 Å². The number of nitrogens with one attached hydrogen (secondary N) is 1. The zero-order valence-corrected chi connectivity index (χ0v) is 11.6. The minimum atomic E-state index is -0.493. The van der Waals surface area contributed by atoms with Gasteiger partial charge in [-0.25, -0.2) is 0 Å². The number of hydrogen-bond donors (Lipinski definition) is 1. The number of benzene rings is 1. The van der Waals surface area contributed by atoms with Crippen molar-refractivity contribution in [3.63, 3.8) is 0 Å². The monoisotopic (exact) mass is 294 g/mol. The fourth-order valence-electron chi connectivity index (χ4n) is 2.41. The molecule has 0 saturated carbocycles. The number of nitrogens with zero attached hydrogens (tertiary/aromatic N) is 3. The summed E-state index contributed by atoms with van der Waals surface area (Å²) in [6.07, 6.45) is 0.304. The van der Waals surface area contributed by atoms with Crippen molar-refractivity contribution in [3.05, 3.63) is 38.9 Å². The second-order valence-corrected chi connectivity index (χ2v) is 5.04. The summed E-state index contributed by atoms with van der Waals surface area (Å²) in [6, 6.07) is 6.81. The molecule has 0 bridgehead atoms. The first-order valence-corrected chi connectivity index (χ1v) is 6.77. The Hall–Kier alpha value is -1.68. The van der Waals surface area contributed by atoms with Gasteiger partial charge in [-0.2, -0.15) is 5.26 Å². The van der Waals surface area contributed by atoms with Crippen molar-refractivity contribution in [2.75, 3.05) is 26.2 Å². The zero-order chi connectivity index (χ0) is 14.5. The van der Waals surface area contributed by atoms with E-state index in [0.717, 1.165) is 31.7 Å². The van der Waals surface area contributed by atoms with Gasteiger partial charge >= 0.3 is 0 Å². The number of nitriles is 1. The molecule has 1 aromatic rings. The van der Waals surface area contributed by atoms with Crippen LogP contribution < -0.4 is 5.32 Å². The molecule has 106 valence electrons. The number of halogens is 1. The van der Waals surface area contributed by atoms with E-state index in [-0.39, 0.29) is 16.8 Å². The molecule has 20 heavy (non-hydrogen) atoms. The van der Waals surface area contributed by atoms with Crippen LogP contribution in [0.3, 0.4) is 0 Å². The van der Waals surface area contributed by atoms with Gasteiger partial charge in [-0.3, -0.25) is 15.0 Å². The van der Waals surface area contributed by atoms with Gasteiger partial charge in [-0.05, 0) is 11.6 Å². The Balaban J connectivity index is 2.31. The summed E-state index contributed by atoms with van der Waals surface area (Å²) in [5.41, 5.74) is 0.659. The summed E-state index contributed by atoms with van der Waals surface area (Å²) in [5.74, 6) is 0. The fraction of sp³-hybridized carbons (Fsp3) is 0.462. The standard InChI is InChI=1S/C13H15ClN4O2/c14-11-2-1-10(9-13(11)18(19)20)12(3-4-15)17-7-5-16-6-8-17/h1-2,9,12,16H,3,5-8H2/t12-/m1/s1. The van der Waals surface area contributed by atoms with Crippen LogP contribution in [-0.4, -0.2) is 36.0 Å². The normalized spacial score (nSPS) is 17.4. The zero-order valence-electron chi connectivity index (χ0n) is 10.9. The molecule has 1 fully saturated rings. The lowest BCUT2D eigenvalue weighted by Crippen LogP contribution is -2.45. The summed E-state index contributed by atoms with van der Waals surface area (Å²) >= 11 is 5.83. The smallest absolute Gasteiger partial charge is 0.288 e. The number of nitro groups is 1. The fourth-order valence-corrected chi connectivity index (χ4v) is 2.60. The van der Waals surface area contributed by atoms with Crippen molar-refractivity contribution in [1.82, 2.24) is 10.2 Å². The van der Waals surface area contributed by atoms with E-state index in [4.69, 9.17) is 16.9 Å². The summed E-state index contributed by atoms with van der Waals surface area (Å²) < 4.78 is 0. The van der Waals surface area contributed by atoms with Gasteiger partial charge in [0.25, 0.3) is 5.69 Å². The summed E-state index contributed by atoms with van der Waals surface area (Å²) in [6.45, 7) is 3.36. The molecular formula is C13H15ClN4O2. The molecule has 0 aromatic heterocycles. The number of nitro benzene ring substituents is 1. The Kier molecular flexibility index (Phi) is 4.90. The van der Waals surface area contributed by atoms with E-state index in [1.807, 2.05) is 0 Å². The molecule has 2 rings (SSSR count). The molecule has 1 heterocycles. The van der Waals surface area contributed by atoms with Gasteiger partial charge in [0.05, 0.1) is 17.4 Å². The Morgan fingerprint density at radius 2 is 2.20 bits per heavy atom. The van der Waals surface area contributed by atoms with Crippen LogP contribution in [0.25, 0.3) is 0 Å². The second-order valence-electron chi connectivity index (χ2n) is 4.63. The summed E-state index contributed by atoms with van der Waals surface area (Å²) in [5, 5.41) is 23.3. The highest BCUT2D eigenvalue weighted by Gasteiger charge is 2.24. The van der Waals surface area contributed by atoms with Crippen LogP contribution in [0.2, 0.25) is 5.02 Å². The van der Waals surface area contributed by atoms with E-state index in [0.29, 0.717) is 6.42 Å². The Bertz CT molecular complexity index is 538. The third kappa shape index (κ3) is 3.25. The topological polar surface area (TPSA) is 82.2 Å². The van der Waals surface area contributed by atoms with Gasteiger partial charge in [0.15, 0.2) is 0 Å². The molecule has 0 amide bonds. The maximum atomic E-state index is 11.0. The van der Waals surface area contributed by atoms with E-state index in [1.54, 1.807) is 6.07 Å². The molecule has 0 spiro atoms. The van der Waals surface area contributed by atoms with E-state index in [1.165, 1.54) is 12.1 Å². The molecular weight excluding hydrogens is 280 g/mol. The van der Waals surface area contributed by atoms with Crippen molar-refractivity contribution in [1.29, 1.82) is 5.26 Å². The molecule has 1 aromatic carbocycles. The minimum Gasteiger partial charge on any atom is -0.314 e. The summed E-state index contributed by atoms with van der Waals surface area (Å²) in [4.78, 5) is 12.6. The molecule has 6 nitrogen and oxygen atoms in total. The highest BCUT2D eigenvalue weighted by molar-refractivity contribution is 6.32. The van der Waals surface area contributed by atoms with E-state index >= 15 is 0 Å². The van der Waals surface area contributed by atoms with Gasteiger partial charge in [0.1, 0.15) is 5.02 Å². The lowest BCUT2D eigenvalue weighted by atomic mass is 10.0. The molecule has 0 aliphatic carbocycles. The molecule has 1 atom stereocenters. The van der Waals surface area contributed by atoms with E-state index in [2.05, 4.69) is 16.3 Å². The van der Waals surface area contributed by atoms with E-state index in [9.17, 15) is 10.1 Å². The predicted molar refractivity (Wildman–Crippen MR) is 75.5 cm³/mol.